The summed E-state index contributed by atoms with van der Waals surface area (Å²) in [6.45, 7) is 0.237. The average Bonchev–Trinajstić information content (AvgIpc) is 2.40. The quantitative estimate of drug-likeness (QED) is 0.913. The summed E-state index contributed by atoms with van der Waals surface area (Å²) < 4.78 is 39.6. The normalized spacial score (nSPS) is 11.4. The van der Waals surface area contributed by atoms with E-state index < -0.39 is 15.8 Å². The Hall–Kier alpha value is -1.72. The van der Waals surface area contributed by atoms with Crippen molar-refractivity contribution in [2.45, 2.75) is 11.3 Å². The van der Waals surface area contributed by atoms with Crippen LogP contribution in [0.1, 0.15) is 5.56 Å². The molecule has 0 atom stereocenters. The van der Waals surface area contributed by atoms with Crippen molar-refractivity contribution in [3.05, 3.63) is 66.0 Å². The van der Waals surface area contributed by atoms with Gasteiger partial charge >= 0.3 is 0 Å². The molecule has 0 heterocycles. The Balaban J connectivity index is 2.01. The lowest BCUT2D eigenvalue weighted by atomic mass is 10.2. The van der Waals surface area contributed by atoms with E-state index in [2.05, 4.69) is 4.72 Å². The Morgan fingerprint density at radius 1 is 0.947 bits per heavy atom. The molecular weight excluding hydrogens is 265 g/mol. The van der Waals surface area contributed by atoms with Crippen LogP contribution in [0.2, 0.25) is 0 Å². The lowest BCUT2D eigenvalue weighted by Crippen LogP contribution is -2.26. The summed E-state index contributed by atoms with van der Waals surface area (Å²) in [6, 6.07) is 14.8. The molecule has 0 unspecified atom stereocenters. The van der Waals surface area contributed by atoms with Gasteiger partial charge in [0.05, 0.1) is 0 Å². The topological polar surface area (TPSA) is 46.2 Å². The van der Waals surface area contributed by atoms with Crippen LogP contribution in [0.5, 0.6) is 0 Å². The first kappa shape index (κ1) is 13.7. The maximum atomic E-state index is 13.4. The fourth-order valence-corrected chi connectivity index (χ4v) is 2.82. The summed E-state index contributed by atoms with van der Waals surface area (Å²) in [5.74, 6) is -0.741. The molecule has 0 amide bonds. The average molecular weight is 279 g/mol. The van der Waals surface area contributed by atoms with Gasteiger partial charge in [0.25, 0.3) is 0 Å². The summed E-state index contributed by atoms with van der Waals surface area (Å²) in [7, 11) is -3.79. The standard InChI is InChI=1S/C14H14FNO2S/c15-13-8-4-5-9-14(13)19(17,18)16-11-10-12-6-2-1-3-7-12/h1-9,16H,10-11H2. The van der Waals surface area contributed by atoms with E-state index in [-0.39, 0.29) is 11.4 Å². The Bertz CT molecular complexity index is 642. The second-order valence-corrected chi connectivity index (χ2v) is 5.80. The summed E-state index contributed by atoms with van der Waals surface area (Å²) in [5.41, 5.74) is 1.03. The number of benzene rings is 2. The molecule has 0 bridgehead atoms. The molecule has 0 saturated carbocycles. The lowest BCUT2D eigenvalue weighted by molar-refractivity contribution is 0.557. The molecule has 5 heteroatoms. The molecule has 3 nitrogen and oxygen atoms in total. The first-order valence-corrected chi connectivity index (χ1v) is 7.36. The van der Waals surface area contributed by atoms with Crippen LogP contribution in [0.3, 0.4) is 0 Å². The fourth-order valence-electron chi connectivity index (χ4n) is 1.71. The maximum Gasteiger partial charge on any atom is 0.243 e. The van der Waals surface area contributed by atoms with Gasteiger partial charge in [-0.2, -0.15) is 0 Å². The van der Waals surface area contributed by atoms with Crippen LogP contribution in [0.25, 0.3) is 0 Å². The number of rotatable bonds is 5. The van der Waals surface area contributed by atoms with E-state index in [9.17, 15) is 12.8 Å². The zero-order valence-corrected chi connectivity index (χ0v) is 11.0. The van der Waals surface area contributed by atoms with Gasteiger partial charge in [-0.05, 0) is 24.1 Å². The van der Waals surface area contributed by atoms with Crippen molar-refractivity contribution in [1.29, 1.82) is 0 Å². The van der Waals surface area contributed by atoms with Gasteiger partial charge in [0.1, 0.15) is 10.7 Å². The third-order valence-corrected chi connectivity index (χ3v) is 4.17. The molecule has 0 aliphatic heterocycles. The van der Waals surface area contributed by atoms with Crippen molar-refractivity contribution < 1.29 is 12.8 Å². The third kappa shape index (κ3) is 3.62. The summed E-state index contributed by atoms with van der Waals surface area (Å²) in [6.07, 6.45) is 0.564. The Morgan fingerprint density at radius 2 is 1.58 bits per heavy atom. The molecular formula is C14H14FNO2S. The zero-order valence-electron chi connectivity index (χ0n) is 10.2. The van der Waals surface area contributed by atoms with E-state index in [1.165, 1.54) is 18.2 Å². The number of halogens is 1. The van der Waals surface area contributed by atoms with E-state index >= 15 is 0 Å². The first-order chi connectivity index (χ1) is 9.09. The predicted molar refractivity (Wildman–Crippen MR) is 71.7 cm³/mol. The lowest BCUT2D eigenvalue weighted by Gasteiger charge is -2.07. The second kappa shape index (κ2) is 5.95. The molecule has 0 aliphatic rings. The molecule has 2 rings (SSSR count). The Kier molecular flexibility index (Phi) is 4.29. The fraction of sp³-hybridized carbons (Fsp3) is 0.143. The van der Waals surface area contributed by atoms with Crippen molar-refractivity contribution in [2.24, 2.45) is 0 Å². The van der Waals surface area contributed by atoms with Crippen molar-refractivity contribution in [2.75, 3.05) is 6.54 Å². The van der Waals surface area contributed by atoms with Gasteiger partial charge in [-0.3, -0.25) is 0 Å². The molecule has 1 N–H and O–H groups in total. The SMILES string of the molecule is O=S(=O)(NCCc1ccccc1)c1ccccc1F. The third-order valence-electron chi connectivity index (χ3n) is 2.67. The summed E-state index contributed by atoms with van der Waals surface area (Å²) >= 11 is 0. The minimum Gasteiger partial charge on any atom is -0.211 e. The highest BCUT2D eigenvalue weighted by Gasteiger charge is 2.17. The predicted octanol–water partition coefficient (Wildman–Crippen LogP) is 2.35. The molecule has 2 aromatic rings. The van der Waals surface area contributed by atoms with Gasteiger partial charge in [0.15, 0.2) is 0 Å². The minimum absolute atomic E-state index is 0.237. The first-order valence-electron chi connectivity index (χ1n) is 5.88. The molecule has 0 aromatic heterocycles. The molecule has 0 radical (unpaired) electrons. The smallest absolute Gasteiger partial charge is 0.211 e. The van der Waals surface area contributed by atoms with Crippen molar-refractivity contribution in [1.82, 2.24) is 4.72 Å². The van der Waals surface area contributed by atoms with Crippen LogP contribution < -0.4 is 4.72 Å². The zero-order chi connectivity index (χ0) is 13.7. The monoisotopic (exact) mass is 279 g/mol. The van der Waals surface area contributed by atoms with Crippen molar-refractivity contribution in [3.8, 4) is 0 Å². The number of sulfonamides is 1. The summed E-state index contributed by atoms with van der Waals surface area (Å²) in [5, 5.41) is 0. The van der Waals surface area contributed by atoms with Crippen LogP contribution >= 0.6 is 0 Å². The van der Waals surface area contributed by atoms with Crippen LogP contribution in [-0.4, -0.2) is 15.0 Å². The second-order valence-electron chi connectivity index (χ2n) is 4.06. The van der Waals surface area contributed by atoms with Gasteiger partial charge in [-0.15, -0.1) is 0 Å². The van der Waals surface area contributed by atoms with Crippen molar-refractivity contribution in [3.63, 3.8) is 0 Å². The van der Waals surface area contributed by atoms with E-state index in [4.69, 9.17) is 0 Å². The highest BCUT2D eigenvalue weighted by Crippen LogP contribution is 2.12. The van der Waals surface area contributed by atoms with E-state index in [1.807, 2.05) is 30.3 Å². The highest BCUT2D eigenvalue weighted by atomic mass is 32.2. The molecule has 0 saturated heterocycles. The van der Waals surface area contributed by atoms with Crippen molar-refractivity contribution >= 4 is 10.0 Å². The Labute approximate surface area is 112 Å². The number of hydrogen-bond donors (Lipinski definition) is 1. The van der Waals surface area contributed by atoms with Crippen LogP contribution in [0.4, 0.5) is 4.39 Å². The van der Waals surface area contributed by atoms with Gasteiger partial charge in [0.2, 0.25) is 10.0 Å². The maximum absolute atomic E-state index is 13.4. The number of nitrogens with one attached hydrogen (secondary N) is 1. The van der Waals surface area contributed by atoms with E-state index in [0.717, 1.165) is 11.6 Å². The molecule has 19 heavy (non-hydrogen) atoms. The largest absolute Gasteiger partial charge is 0.243 e. The van der Waals surface area contributed by atoms with Gasteiger partial charge < -0.3 is 0 Å². The minimum atomic E-state index is -3.79. The molecule has 0 aliphatic carbocycles. The molecule has 0 fully saturated rings. The van der Waals surface area contributed by atoms with Gasteiger partial charge in [-0.25, -0.2) is 17.5 Å². The van der Waals surface area contributed by atoms with Crippen LogP contribution in [-0.2, 0) is 16.4 Å². The number of hydrogen-bond acceptors (Lipinski definition) is 2. The molecule has 2 aromatic carbocycles. The van der Waals surface area contributed by atoms with Gasteiger partial charge in [0, 0.05) is 6.54 Å². The Morgan fingerprint density at radius 3 is 2.26 bits per heavy atom. The molecule has 0 spiro atoms. The van der Waals surface area contributed by atoms with Crippen LogP contribution in [0.15, 0.2) is 59.5 Å². The van der Waals surface area contributed by atoms with E-state index in [0.29, 0.717) is 6.42 Å². The highest BCUT2D eigenvalue weighted by molar-refractivity contribution is 7.89. The van der Waals surface area contributed by atoms with Gasteiger partial charge in [-0.1, -0.05) is 42.5 Å². The molecule has 100 valence electrons. The summed E-state index contributed by atoms with van der Waals surface area (Å²) in [4.78, 5) is -0.317. The van der Waals surface area contributed by atoms with E-state index in [1.54, 1.807) is 0 Å². The van der Waals surface area contributed by atoms with Crippen LogP contribution in [0, 0.1) is 5.82 Å².